The Morgan fingerprint density at radius 3 is 2.93 bits per heavy atom. The third kappa shape index (κ3) is 4.72. The van der Waals surface area contributed by atoms with Crippen molar-refractivity contribution in [2.24, 2.45) is 5.92 Å². The van der Waals surface area contributed by atoms with Crippen molar-refractivity contribution in [1.82, 2.24) is 10.6 Å². The van der Waals surface area contributed by atoms with Gasteiger partial charge in [-0.15, -0.1) is 0 Å². The number of rotatable bonds is 6. The molecule has 0 radical (unpaired) electrons. The molecule has 0 aromatic carbocycles. The maximum absolute atomic E-state index is 9.16. The molecule has 0 bridgehead atoms. The van der Waals surface area contributed by atoms with E-state index in [1.165, 1.54) is 19.4 Å². The van der Waals surface area contributed by atoms with Crippen LogP contribution < -0.4 is 10.6 Å². The van der Waals surface area contributed by atoms with Crippen LogP contribution in [0.1, 0.15) is 19.8 Å². The van der Waals surface area contributed by atoms with Gasteiger partial charge in [0.2, 0.25) is 0 Å². The highest BCUT2D eigenvalue weighted by atomic mass is 32.2. The fourth-order valence-corrected chi connectivity index (χ4v) is 2.67. The first-order valence-corrected chi connectivity index (χ1v) is 7.14. The Morgan fingerprint density at radius 2 is 2.40 bits per heavy atom. The SMILES string of the molecule is CSC(CO)C(C)NCC1CCCNC1. The molecule has 1 rings (SSSR count). The Labute approximate surface area is 97.4 Å². The predicted molar refractivity (Wildman–Crippen MR) is 67.4 cm³/mol. The van der Waals surface area contributed by atoms with Gasteiger partial charge >= 0.3 is 0 Å². The Morgan fingerprint density at radius 1 is 1.60 bits per heavy atom. The van der Waals surface area contributed by atoms with Gasteiger partial charge in [0.25, 0.3) is 0 Å². The maximum atomic E-state index is 9.16. The summed E-state index contributed by atoms with van der Waals surface area (Å²) in [5.41, 5.74) is 0. The molecule has 1 aliphatic heterocycles. The molecule has 3 unspecified atom stereocenters. The molecule has 15 heavy (non-hydrogen) atoms. The summed E-state index contributed by atoms with van der Waals surface area (Å²) in [6.07, 6.45) is 4.68. The van der Waals surface area contributed by atoms with Crippen molar-refractivity contribution < 1.29 is 5.11 Å². The average Bonchev–Trinajstić information content (AvgIpc) is 2.29. The zero-order valence-corrected chi connectivity index (χ0v) is 10.6. The molecule has 0 spiro atoms. The summed E-state index contributed by atoms with van der Waals surface area (Å²) in [5.74, 6) is 0.766. The van der Waals surface area contributed by atoms with E-state index in [-0.39, 0.29) is 6.61 Å². The number of hydrogen-bond donors (Lipinski definition) is 3. The lowest BCUT2D eigenvalue weighted by atomic mass is 9.99. The van der Waals surface area contributed by atoms with Crippen LogP contribution in [0.25, 0.3) is 0 Å². The highest BCUT2D eigenvalue weighted by Gasteiger charge is 2.17. The van der Waals surface area contributed by atoms with Crippen molar-refractivity contribution in [3.8, 4) is 0 Å². The van der Waals surface area contributed by atoms with Crippen LogP contribution in [0.2, 0.25) is 0 Å². The lowest BCUT2D eigenvalue weighted by molar-refractivity contribution is 0.268. The Bertz CT molecular complexity index is 159. The summed E-state index contributed by atoms with van der Waals surface area (Å²) in [4.78, 5) is 0. The van der Waals surface area contributed by atoms with E-state index in [9.17, 15) is 0 Å². The molecule has 1 saturated heterocycles. The van der Waals surface area contributed by atoms with Crippen LogP contribution in [0.4, 0.5) is 0 Å². The molecule has 90 valence electrons. The summed E-state index contributed by atoms with van der Waals surface area (Å²) >= 11 is 1.74. The van der Waals surface area contributed by atoms with Gasteiger partial charge in [-0.25, -0.2) is 0 Å². The van der Waals surface area contributed by atoms with Crippen LogP contribution in [-0.2, 0) is 0 Å². The van der Waals surface area contributed by atoms with E-state index in [0.717, 1.165) is 19.0 Å². The first kappa shape index (κ1) is 13.3. The van der Waals surface area contributed by atoms with Crippen LogP contribution >= 0.6 is 11.8 Å². The van der Waals surface area contributed by atoms with E-state index in [2.05, 4.69) is 23.8 Å². The minimum absolute atomic E-state index is 0.262. The largest absolute Gasteiger partial charge is 0.395 e. The summed E-state index contributed by atoms with van der Waals surface area (Å²) in [6.45, 7) is 5.82. The molecule has 0 aromatic heterocycles. The summed E-state index contributed by atoms with van der Waals surface area (Å²) in [6, 6.07) is 0.395. The van der Waals surface area contributed by atoms with Gasteiger partial charge in [-0.1, -0.05) is 0 Å². The smallest absolute Gasteiger partial charge is 0.0564 e. The van der Waals surface area contributed by atoms with Crippen LogP contribution in [0.3, 0.4) is 0 Å². The van der Waals surface area contributed by atoms with Crippen molar-refractivity contribution in [2.45, 2.75) is 31.1 Å². The molecule has 1 heterocycles. The van der Waals surface area contributed by atoms with Gasteiger partial charge in [-0.2, -0.15) is 11.8 Å². The maximum Gasteiger partial charge on any atom is 0.0564 e. The number of piperidine rings is 1. The van der Waals surface area contributed by atoms with Gasteiger partial charge in [-0.3, -0.25) is 0 Å². The third-order valence-electron chi connectivity index (χ3n) is 3.17. The molecular weight excluding hydrogens is 208 g/mol. The molecule has 4 heteroatoms. The number of nitrogens with one attached hydrogen (secondary N) is 2. The van der Waals surface area contributed by atoms with Crippen molar-refractivity contribution in [3.63, 3.8) is 0 Å². The molecule has 1 aliphatic rings. The zero-order valence-electron chi connectivity index (χ0n) is 9.83. The molecule has 0 amide bonds. The van der Waals surface area contributed by atoms with Crippen LogP contribution in [0.15, 0.2) is 0 Å². The molecule has 0 saturated carbocycles. The standard InChI is InChI=1S/C11H24N2OS/c1-9(11(8-14)15-2)13-7-10-4-3-5-12-6-10/h9-14H,3-8H2,1-2H3. The molecule has 1 fully saturated rings. The second-order valence-electron chi connectivity index (χ2n) is 4.37. The average molecular weight is 232 g/mol. The van der Waals surface area contributed by atoms with Crippen LogP contribution in [0, 0.1) is 5.92 Å². The fourth-order valence-electron chi connectivity index (χ4n) is 2.02. The number of aliphatic hydroxyl groups excluding tert-OH is 1. The molecule has 3 N–H and O–H groups in total. The van der Waals surface area contributed by atoms with E-state index in [4.69, 9.17) is 5.11 Å². The highest BCUT2D eigenvalue weighted by molar-refractivity contribution is 7.99. The minimum Gasteiger partial charge on any atom is -0.395 e. The lowest BCUT2D eigenvalue weighted by Crippen LogP contribution is -2.43. The van der Waals surface area contributed by atoms with E-state index >= 15 is 0 Å². The molecule has 0 aromatic rings. The van der Waals surface area contributed by atoms with Crippen LogP contribution in [0.5, 0.6) is 0 Å². The number of thioether (sulfide) groups is 1. The monoisotopic (exact) mass is 232 g/mol. The summed E-state index contributed by atoms with van der Waals surface area (Å²) < 4.78 is 0. The quantitative estimate of drug-likeness (QED) is 0.630. The van der Waals surface area contributed by atoms with Gasteiger partial charge in [-0.05, 0) is 51.6 Å². The first-order chi connectivity index (χ1) is 7.27. The van der Waals surface area contributed by atoms with Crippen molar-refractivity contribution >= 4 is 11.8 Å². The Kier molecular flexibility index (Phi) is 6.64. The van der Waals surface area contributed by atoms with Crippen LogP contribution in [-0.4, -0.2) is 48.9 Å². The second-order valence-corrected chi connectivity index (χ2v) is 5.44. The van der Waals surface area contributed by atoms with Crippen molar-refractivity contribution in [2.75, 3.05) is 32.5 Å². The van der Waals surface area contributed by atoms with Gasteiger partial charge < -0.3 is 15.7 Å². The topological polar surface area (TPSA) is 44.3 Å². The van der Waals surface area contributed by atoms with Gasteiger partial charge in [0.05, 0.1) is 6.61 Å². The Balaban J connectivity index is 2.16. The van der Waals surface area contributed by atoms with E-state index in [1.807, 2.05) is 0 Å². The van der Waals surface area contributed by atoms with Crippen molar-refractivity contribution in [3.05, 3.63) is 0 Å². The first-order valence-electron chi connectivity index (χ1n) is 5.85. The predicted octanol–water partition coefficient (Wildman–Crippen LogP) is 0.688. The second kappa shape index (κ2) is 7.49. The molecular formula is C11H24N2OS. The van der Waals surface area contributed by atoms with Gasteiger partial charge in [0.15, 0.2) is 0 Å². The van der Waals surface area contributed by atoms with Crippen molar-refractivity contribution in [1.29, 1.82) is 0 Å². The zero-order chi connectivity index (χ0) is 11.1. The Hall–Kier alpha value is 0.230. The summed E-state index contributed by atoms with van der Waals surface area (Å²) in [7, 11) is 0. The lowest BCUT2D eigenvalue weighted by Gasteiger charge is -2.27. The minimum atomic E-state index is 0.262. The highest BCUT2D eigenvalue weighted by Crippen LogP contribution is 2.12. The normalized spacial score (nSPS) is 26.2. The number of hydrogen-bond acceptors (Lipinski definition) is 4. The molecule has 3 nitrogen and oxygen atoms in total. The molecule has 3 atom stereocenters. The van der Waals surface area contributed by atoms with E-state index in [1.54, 1.807) is 11.8 Å². The van der Waals surface area contributed by atoms with Gasteiger partial charge in [0, 0.05) is 11.3 Å². The molecule has 0 aliphatic carbocycles. The van der Waals surface area contributed by atoms with E-state index < -0.39 is 0 Å². The fraction of sp³-hybridized carbons (Fsp3) is 1.00. The number of aliphatic hydroxyl groups is 1. The third-order valence-corrected chi connectivity index (χ3v) is 4.33. The van der Waals surface area contributed by atoms with E-state index in [0.29, 0.717) is 11.3 Å². The summed E-state index contributed by atoms with van der Waals surface area (Å²) in [5, 5.41) is 16.4. The van der Waals surface area contributed by atoms with Gasteiger partial charge in [0.1, 0.15) is 0 Å².